The van der Waals surface area contributed by atoms with Gasteiger partial charge < -0.3 is 9.64 Å². The van der Waals surface area contributed by atoms with Gasteiger partial charge >= 0.3 is 0 Å². The number of para-hydroxylation sites is 3. The Kier molecular flexibility index (Phi) is 5.42. The summed E-state index contributed by atoms with van der Waals surface area (Å²) in [7, 11) is 0. The molecule has 6 rings (SSSR count). The van der Waals surface area contributed by atoms with Crippen molar-refractivity contribution in [1.29, 1.82) is 0 Å². The van der Waals surface area contributed by atoms with Crippen molar-refractivity contribution in [2.24, 2.45) is 0 Å². The minimum absolute atomic E-state index is 0.644. The van der Waals surface area contributed by atoms with Crippen molar-refractivity contribution in [3.8, 4) is 11.5 Å². The van der Waals surface area contributed by atoms with Gasteiger partial charge in [0.1, 0.15) is 5.75 Å². The maximum absolute atomic E-state index is 6.33. The van der Waals surface area contributed by atoms with Gasteiger partial charge in [-0.3, -0.25) is 0 Å². The first-order valence-corrected chi connectivity index (χ1v) is 12.2. The van der Waals surface area contributed by atoms with Crippen molar-refractivity contribution in [1.82, 2.24) is 0 Å². The lowest BCUT2D eigenvalue weighted by atomic mass is 10.1. The van der Waals surface area contributed by atoms with E-state index in [0.717, 1.165) is 22.8 Å². The summed E-state index contributed by atoms with van der Waals surface area (Å²) in [5, 5.41) is 3.22. The molecule has 0 amide bonds. The highest BCUT2D eigenvalue weighted by molar-refractivity contribution is 7.25. The van der Waals surface area contributed by atoms with E-state index in [1.165, 1.54) is 20.2 Å². The summed E-state index contributed by atoms with van der Waals surface area (Å²) in [6, 6.07) is 41.2. The van der Waals surface area contributed by atoms with Crippen molar-refractivity contribution in [3.05, 3.63) is 126 Å². The number of benzene rings is 5. The van der Waals surface area contributed by atoms with Gasteiger partial charge in [-0.15, -0.1) is 11.3 Å². The lowest BCUT2D eigenvalue weighted by Crippen LogP contribution is -2.10. The molecule has 0 aliphatic heterocycles. The average molecular weight is 478 g/mol. The molecule has 0 aliphatic rings. The van der Waals surface area contributed by atoms with Crippen molar-refractivity contribution in [2.75, 3.05) is 4.90 Å². The third-order valence-corrected chi connectivity index (χ3v) is 7.13. The lowest BCUT2D eigenvalue weighted by Gasteiger charge is -2.27. The second-order valence-corrected chi connectivity index (χ2v) is 9.50. The largest absolute Gasteiger partial charge is 0.455 e. The predicted molar refractivity (Wildman–Crippen MR) is 146 cm³/mol. The summed E-state index contributed by atoms with van der Waals surface area (Å²) in [5.41, 5.74) is 3.09. The molecule has 34 heavy (non-hydrogen) atoms. The monoisotopic (exact) mass is 477 g/mol. The average Bonchev–Trinajstić information content (AvgIpc) is 3.24. The van der Waals surface area contributed by atoms with Crippen LogP contribution in [-0.4, -0.2) is 0 Å². The summed E-state index contributed by atoms with van der Waals surface area (Å²) >= 11 is 8.02. The quantitative estimate of drug-likeness (QED) is 0.245. The van der Waals surface area contributed by atoms with Gasteiger partial charge in [-0.05, 0) is 60.7 Å². The second kappa shape index (κ2) is 8.86. The zero-order chi connectivity index (χ0) is 22.9. The number of fused-ring (bicyclic) bond motifs is 3. The van der Waals surface area contributed by atoms with Crippen molar-refractivity contribution >= 4 is 60.2 Å². The minimum Gasteiger partial charge on any atom is -0.455 e. The highest BCUT2D eigenvalue weighted by Gasteiger charge is 2.18. The van der Waals surface area contributed by atoms with E-state index in [4.69, 9.17) is 16.3 Å². The Balaban J connectivity index is 1.51. The molecule has 164 valence electrons. The number of nitrogens with zero attached hydrogens (tertiary/aromatic N) is 1. The summed E-state index contributed by atoms with van der Waals surface area (Å²) in [4.78, 5) is 2.24. The van der Waals surface area contributed by atoms with E-state index in [0.29, 0.717) is 10.8 Å². The van der Waals surface area contributed by atoms with E-state index < -0.39 is 0 Å². The van der Waals surface area contributed by atoms with Crippen molar-refractivity contribution < 1.29 is 4.74 Å². The van der Waals surface area contributed by atoms with Crippen molar-refractivity contribution in [2.45, 2.75) is 0 Å². The van der Waals surface area contributed by atoms with Gasteiger partial charge in [-0.25, -0.2) is 0 Å². The molecule has 0 spiro atoms. The Hall–Kier alpha value is -3.79. The molecule has 6 aromatic rings. The minimum atomic E-state index is 0.644. The molecule has 0 saturated heterocycles. The highest BCUT2D eigenvalue weighted by Crippen LogP contribution is 2.44. The zero-order valence-electron chi connectivity index (χ0n) is 18.2. The van der Waals surface area contributed by atoms with Crippen molar-refractivity contribution in [3.63, 3.8) is 0 Å². The number of ether oxygens (including phenoxy) is 1. The van der Waals surface area contributed by atoms with Crippen LogP contribution in [0.5, 0.6) is 11.5 Å². The van der Waals surface area contributed by atoms with Gasteiger partial charge in [0.05, 0.1) is 5.69 Å². The molecule has 0 saturated carbocycles. The third-order valence-electron chi connectivity index (χ3n) is 5.76. The number of hydrogen-bond donors (Lipinski definition) is 0. The molecule has 0 fully saturated rings. The van der Waals surface area contributed by atoms with Gasteiger partial charge in [0.2, 0.25) is 0 Å². The van der Waals surface area contributed by atoms with Gasteiger partial charge in [0.25, 0.3) is 0 Å². The fourth-order valence-electron chi connectivity index (χ4n) is 4.24. The van der Waals surface area contributed by atoms with Crippen LogP contribution < -0.4 is 9.64 Å². The standard InChI is InChI=1S/C30H20ClNOS/c31-21-9-8-12-24(19-21)33-28-15-6-5-14-27(28)32(22-10-2-1-3-11-22)23-17-18-26-25-13-4-7-16-29(25)34-30(26)20-23/h1-20H. The molecular weight excluding hydrogens is 458 g/mol. The normalized spacial score (nSPS) is 11.1. The fourth-order valence-corrected chi connectivity index (χ4v) is 5.56. The SMILES string of the molecule is Clc1cccc(Oc2ccccc2N(c2ccccc2)c2ccc3c(c2)sc2ccccc23)c1. The van der Waals surface area contributed by atoms with Crippen LogP contribution in [0, 0.1) is 0 Å². The first-order valence-electron chi connectivity index (χ1n) is 11.1. The van der Waals surface area contributed by atoms with E-state index in [1.54, 1.807) is 0 Å². The van der Waals surface area contributed by atoms with E-state index in [1.807, 2.05) is 59.9 Å². The molecule has 0 N–H and O–H groups in total. The Bertz CT molecular complexity index is 1610. The second-order valence-electron chi connectivity index (χ2n) is 7.98. The van der Waals surface area contributed by atoms with Gasteiger partial charge in [0.15, 0.2) is 5.75 Å². The van der Waals surface area contributed by atoms with E-state index in [2.05, 4.69) is 77.7 Å². The van der Waals surface area contributed by atoms with Crippen LogP contribution in [0.1, 0.15) is 0 Å². The molecule has 2 nitrogen and oxygen atoms in total. The third kappa shape index (κ3) is 3.90. The first-order chi connectivity index (χ1) is 16.8. The van der Waals surface area contributed by atoms with Gasteiger partial charge in [-0.1, -0.05) is 72.3 Å². The summed E-state index contributed by atoms with van der Waals surface area (Å²) < 4.78 is 8.88. The fraction of sp³-hybridized carbons (Fsp3) is 0. The van der Waals surface area contributed by atoms with Crippen LogP contribution in [0.25, 0.3) is 20.2 Å². The predicted octanol–water partition coefficient (Wildman–Crippen LogP) is 9.97. The zero-order valence-corrected chi connectivity index (χ0v) is 19.8. The van der Waals surface area contributed by atoms with Crippen LogP contribution in [-0.2, 0) is 0 Å². The van der Waals surface area contributed by atoms with Gasteiger partial charge in [-0.2, -0.15) is 0 Å². The molecule has 1 heterocycles. The lowest BCUT2D eigenvalue weighted by molar-refractivity contribution is 0.484. The maximum Gasteiger partial charge on any atom is 0.151 e. The number of halogens is 1. The van der Waals surface area contributed by atoms with E-state index in [-0.39, 0.29) is 0 Å². The Morgan fingerprint density at radius 1 is 0.588 bits per heavy atom. The summed E-state index contributed by atoms with van der Waals surface area (Å²) in [6.45, 7) is 0. The van der Waals surface area contributed by atoms with Crippen LogP contribution in [0.4, 0.5) is 17.1 Å². The molecule has 4 heteroatoms. The molecule has 0 aliphatic carbocycles. The van der Waals surface area contributed by atoms with E-state index >= 15 is 0 Å². The molecule has 0 unspecified atom stereocenters. The number of rotatable bonds is 5. The smallest absolute Gasteiger partial charge is 0.151 e. The molecular formula is C30H20ClNOS. The van der Waals surface area contributed by atoms with E-state index in [9.17, 15) is 0 Å². The number of anilines is 3. The van der Waals surface area contributed by atoms with Crippen LogP contribution in [0.3, 0.4) is 0 Å². The Morgan fingerprint density at radius 3 is 2.24 bits per heavy atom. The number of thiophene rings is 1. The molecule has 0 bridgehead atoms. The summed E-state index contributed by atoms with van der Waals surface area (Å²) in [5.74, 6) is 1.46. The maximum atomic E-state index is 6.33. The molecule has 0 atom stereocenters. The Morgan fingerprint density at radius 2 is 1.35 bits per heavy atom. The van der Waals surface area contributed by atoms with Crippen LogP contribution >= 0.6 is 22.9 Å². The molecule has 0 radical (unpaired) electrons. The summed E-state index contributed by atoms with van der Waals surface area (Å²) in [6.07, 6.45) is 0. The highest BCUT2D eigenvalue weighted by atomic mass is 35.5. The Labute approximate surface area is 207 Å². The first kappa shape index (κ1) is 20.8. The van der Waals surface area contributed by atoms with Crippen LogP contribution in [0.2, 0.25) is 5.02 Å². The van der Waals surface area contributed by atoms with Crippen LogP contribution in [0.15, 0.2) is 121 Å². The molecule has 5 aromatic carbocycles. The topological polar surface area (TPSA) is 12.5 Å². The van der Waals surface area contributed by atoms with Gasteiger partial charge in [0, 0.05) is 36.6 Å². The molecule has 1 aromatic heterocycles. The number of hydrogen-bond acceptors (Lipinski definition) is 3.